The third-order valence-corrected chi connectivity index (χ3v) is 24.9. The van der Waals surface area contributed by atoms with Crippen LogP contribution < -0.4 is 54.3 Å². The summed E-state index contributed by atoms with van der Waals surface area (Å²) in [6.07, 6.45) is 0. The molecular weight excluding hydrogens is 1860 g/mol. The Bertz CT molecular complexity index is 6680. The molecule has 5 saturated heterocycles. The minimum Gasteiger partial charge on any atom is -0.355 e. The van der Waals surface area contributed by atoms with Crippen molar-refractivity contribution in [2.45, 2.75) is 167 Å². The average Bonchev–Trinajstić information content (AvgIpc) is 1.60. The number of imide groups is 3. The molecule has 0 aliphatic carbocycles. The molecule has 0 unspecified atom stereocenters. The number of urea groups is 3. The van der Waals surface area contributed by atoms with Crippen molar-refractivity contribution in [2.75, 3.05) is 56.0 Å². The van der Waals surface area contributed by atoms with Gasteiger partial charge >= 0.3 is 18.1 Å². The first-order valence-corrected chi connectivity index (χ1v) is 43.9. The normalized spacial score (nSPS) is 15.5. The minimum atomic E-state index is -1.27. The summed E-state index contributed by atoms with van der Waals surface area (Å²) >= 11 is 11.1. The second kappa shape index (κ2) is 41.0. The Labute approximate surface area is 828 Å². The summed E-state index contributed by atoms with van der Waals surface area (Å²) in [7, 11) is 1.39. The van der Waals surface area contributed by atoms with E-state index < -0.39 is 110 Å². The molecule has 0 radical (unpaired) electrons. The van der Waals surface area contributed by atoms with Gasteiger partial charge < -0.3 is 15.1 Å². The molecule has 5 heterocycles. The first-order chi connectivity index (χ1) is 66.0. The summed E-state index contributed by atoms with van der Waals surface area (Å²) in [6.45, 7) is 65.8. The smallest absolute Gasteiger partial charge is 0.336 e. The van der Waals surface area contributed by atoms with E-state index in [-0.39, 0.29) is 85.9 Å². The number of Topliss-reactive ketones (excluding diaryl/α,β-unsaturated/α-hetero) is 4. The molecule has 0 saturated carbocycles. The predicted molar refractivity (Wildman–Crippen MR) is 541 cm³/mol. The van der Waals surface area contributed by atoms with Crippen molar-refractivity contribution < 1.29 is 84.3 Å². The second-order valence-corrected chi connectivity index (χ2v) is 36.4. The number of carbonyl (C=O) groups is 13. The summed E-state index contributed by atoms with van der Waals surface area (Å²) in [5, 5.41) is 2.76. The van der Waals surface area contributed by atoms with Gasteiger partial charge in [-0.3, -0.25) is 72.4 Å². The zero-order chi connectivity index (χ0) is 105. The molecule has 5 aliphatic rings. The molecule has 724 valence electrons. The van der Waals surface area contributed by atoms with E-state index in [1.807, 2.05) is 0 Å². The molecule has 15 rings (SSSR count). The maximum absolute atomic E-state index is 14.4. The van der Waals surface area contributed by atoms with Gasteiger partial charge in [-0.1, -0.05) is 37.8 Å². The first-order valence-electron chi connectivity index (χ1n) is 43.1. The number of aryl methyl sites for hydroxylation is 5. The molecule has 0 aromatic heterocycles. The number of benzene rings is 10. The number of nitrogens with zero attached hydrogens (tertiary/aromatic N) is 15. The molecule has 12 amide bonds. The van der Waals surface area contributed by atoms with Gasteiger partial charge in [0.15, 0.2) is 61.8 Å². The van der Waals surface area contributed by atoms with Crippen molar-refractivity contribution in [3.63, 3.8) is 0 Å². The maximum atomic E-state index is 14.4. The van der Waals surface area contributed by atoms with Crippen molar-refractivity contribution in [1.29, 1.82) is 0 Å². The van der Waals surface area contributed by atoms with Crippen LogP contribution in [0.3, 0.4) is 0 Å². The molecule has 29 nitrogen and oxygen atoms in total. The monoisotopic (exact) mass is 1960 g/mol. The number of amides is 12. The van der Waals surface area contributed by atoms with Crippen LogP contribution in [0.25, 0.3) is 24.2 Å². The lowest BCUT2D eigenvalue weighted by Gasteiger charge is -2.29. The molecule has 5 aliphatic heterocycles. The van der Waals surface area contributed by atoms with Crippen LogP contribution in [0.4, 0.5) is 122 Å². The van der Waals surface area contributed by atoms with Gasteiger partial charge in [-0.05, 0) is 335 Å². The molecule has 36 heteroatoms. The standard InChI is InChI=1S/C21H19FN4O3.2C21H18FN3O3.2C21H18FN3O2S.CH4/c1-12-10-13(7-9-17(12)23-4)25-19(28)21(2,3)26(20(25)29)14-6-8-15(16(22)11-14)18(27)24-5;4*1-12-10-14(7-9-18(12)23-5)24-19(27)21(3,4)25(20(24)28)15-6-8-16(13(2)26)17(22)11-15;/h6-11H,1-3,5H3,(H,24,27);4*6-11H,1-4H3;1H4. The van der Waals surface area contributed by atoms with E-state index in [1.165, 1.54) is 138 Å². The molecule has 142 heavy (non-hydrogen) atoms. The van der Waals surface area contributed by atoms with E-state index in [9.17, 15) is 84.3 Å². The second-order valence-electron chi connectivity index (χ2n) is 35.6. The number of rotatable bonds is 15. The van der Waals surface area contributed by atoms with Crippen molar-refractivity contribution in [3.8, 4) is 0 Å². The van der Waals surface area contributed by atoms with Crippen LogP contribution in [-0.2, 0) is 24.0 Å². The predicted octanol–water partition coefficient (Wildman–Crippen LogP) is 23.3. The fourth-order valence-corrected chi connectivity index (χ4v) is 17.5. The highest BCUT2D eigenvalue weighted by Gasteiger charge is 2.57. The fourth-order valence-electron chi connectivity index (χ4n) is 16.5. The van der Waals surface area contributed by atoms with Gasteiger partial charge in [0, 0.05) is 46.9 Å². The zero-order valence-corrected chi connectivity index (χ0v) is 81.7. The number of hydrogen-bond donors (Lipinski definition) is 1. The average molecular weight is 1960 g/mol. The maximum Gasteiger partial charge on any atom is 0.336 e. The fraction of sp³-hybridized carbons (Fsp3) is 0.245. The lowest BCUT2D eigenvalue weighted by Crippen LogP contribution is -2.44. The summed E-state index contributed by atoms with van der Waals surface area (Å²) in [5.74, 6) is -7.75. The van der Waals surface area contributed by atoms with Gasteiger partial charge in [0.2, 0.25) is 0 Å². The van der Waals surface area contributed by atoms with Gasteiger partial charge in [-0.25, -0.2) is 75.3 Å². The van der Waals surface area contributed by atoms with Crippen LogP contribution in [0, 0.1) is 96.6 Å². The summed E-state index contributed by atoms with van der Waals surface area (Å²) in [4.78, 5) is 192. The molecule has 1 N–H and O–H groups in total. The van der Waals surface area contributed by atoms with Gasteiger partial charge in [0.25, 0.3) is 35.4 Å². The van der Waals surface area contributed by atoms with E-state index in [0.29, 0.717) is 84.9 Å². The highest BCUT2D eigenvalue weighted by Crippen LogP contribution is 2.46. The van der Waals surface area contributed by atoms with Crippen molar-refractivity contribution in [2.24, 2.45) is 0 Å². The van der Waals surface area contributed by atoms with Gasteiger partial charge in [-0.2, -0.15) is 0 Å². The van der Waals surface area contributed by atoms with Gasteiger partial charge in [-0.15, -0.1) is 0 Å². The van der Waals surface area contributed by atoms with Crippen molar-refractivity contribution in [3.05, 3.63) is 324 Å². The topological polar surface area (TPSA) is 288 Å². The Kier molecular flexibility index (Phi) is 30.9. The van der Waals surface area contributed by atoms with Gasteiger partial charge in [0.1, 0.15) is 56.8 Å². The van der Waals surface area contributed by atoms with Crippen LogP contribution >= 0.6 is 24.4 Å². The third kappa shape index (κ3) is 19.7. The highest BCUT2D eigenvalue weighted by atomic mass is 32.1. The first kappa shape index (κ1) is 107. The van der Waals surface area contributed by atoms with Crippen molar-refractivity contribution >= 4 is 197 Å². The zero-order valence-electron chi connectivity index (χ0n) is 80.0. The number of ketones is 4. The van der Waals surface area contributed by atoms with Crippen LogP contribution in [0.2, 0.25) is 0 Å². The number of halogens is 5. The number of nitrogens with one attached hydrogen (secondary N) is 1. The van der Waals surface area contributed by atoms with Crippen LogP contribution in [0.1, 0.15) is 184 Å². The molecular formula is C106H95F5N16O13S2. The van der Waals surface area contributed by atoms with Crippen LogP contribution in [0.15, 0.2) is 182 Å². The largest absolute Gasteiger partial charge is 0.355 e. The lowest BCUT2D eigenvalue weighted by atomic mass is 10.0. The Morgan fingerprint density at radius 2 is 0.444 bits per heavy atom. The van der Waals surface area contributed by atoms with Gasteiger partial charge in [0.05, 0.1) is 77.7 Å². The van der Waals surface area contributed by atoms with E-state index in [1.54, 1.807) is 199 Å². The Hall–Kier alpha value is -17.0. The van der Waals surface area contributed by atoms with E-state index >= 15 is 0 Å². The highest BCUT2D eigenvalue weighted by molar-refractivity contribution is 7.81. The molecule has 5 fully saturated rings. The number of anilines is 10. The minimum absolute atomic E-state index is 0. The number of carbonyl (C=O) groups excluding carboxylic acids is 13. The van der Waals surface area contributed by atoms with E-state index in [4.69, 9.17) is 57.3 Å². The molecule has 10 aromatic carbocycles. The Morgan fingerprint density at radius 1 is 0.275 bits per heavy atom. The Balaban J connectivity index is 0.000000182. The quantitative estimate of drug-likeness (QED) is 0.0328. The Morgan fingerprint density at radius 3 is 0.620 bits per heavy atom. The molecule has 0 atom stereocenters. The number of hydrogen-bond acceptors (Lipinski definition) is 15. The summed E-state index contributed by atoms with van der Waals surface area (Å²) in [5.41, 5.74) is 2.88. The molecule has 0 bridgehead atoms. The third-order valence-electron chi connectivity index (χ3n) is 24.2. The number of thiocarbonyl (C=S) groups is 2. The molecule has 0 spiro atoms. The molecule has 10 aromatic rings. The summed E-state index contributed by atoms with van der Waals surface area (Å²) < 4.78 is 71.8. The van der Waals surface area contributed by atoms with E-state index in [2.05, 4.69) is 29.5 Å². The van der Waals surface area contributed by atoms with Crippen LogP contribution in [0.5, 0.6) is 0 Å². The van der Waals surface area contributed by atoms with E-state index in [0.717, 1.165) is 44.0 Å². The SMILES string of the molecule is C.[C-]#[N+]c1ccc(N2C(=O)C(C)(C)N(c3ccc(C(C)=O)c(F)c3)C2=S)cc1C.[C-]#[N+]c1ccc(N2C(=O)C(C)(C)N(c3ccc(C(C)=O)c(F)c3)C2=S)cc1C.[C-]#[N+]c1ccc(N2C(=O)N(c3ccc(C(=O)NC)c(F)c3)C(C)(C)C2=O)cc1C.[C-]#[N+]c1ccc(N2C(=O)N(c3ccc(C(C)=O)c(F)c3)C(C)(C)C2=O)cc1C.[C-]#[N+]c1ccc(N2C(=O)N(c3ccc(C(C)=O)c(F)c3)C(C)(C)C2=O)cc1C. The van der Waals surface area contributed by atoms with Crippen LogP contribution in [-0.4, -0.2) is 122 Å². The van der Waals surface area contributed by atoms with Crippen molar-refractivity contribution in [1.82, 2.24) is 5.32 Å². The lowest BCUT2D eigenvalue weighted by molar-refractivity contribution is -0.121. The summed E-state index contributed by atoms with van der Waals surface area (Å²) in [6, 6.07) is 42.1.